The number of carbonyl (C=O) groups excluding carboxylic acids is 2. The lowest BCUT2D eigenvalue weighted by molar-refractivity contribution is -0.141. The number of carbonyl (C=O) groups is 2. The van der Waals surface area contributed by atoms with Crippen LogP contribution in [0.2, 0.25) is 5.02 Å². The molecule has 48 heavy (non-hydrogen) atoms. The van der Waals surface area contributed by atoms with Crippen molar-refractivity contribution in [3.63, 3.8) is 0 Å². The Labute approximate surface area is 290 Å². The second-order valence-corrected chi connectivity index (χ2v) is 14.9. The Kier molecular flexibility index (Phi) is 13.5. The monoisotopic (exact) mass is 679 g/mol. The number of hydrogen-bond donors (Lipinski definition) is 2. The summed E-state index contributed by atoms with van der Waals surface area (Å²) < 4.78 is 11.3. The number of aryl methyl sites for hydroxylation is 1. The summed E-state index contributed by atoms with van der Waals surface area (Å²) in [5.74, 6) is 0.943. The Morgan fingerprint density at radius 1 is 1.02 bits per heavy atom. The van der Waals surface area contributed by atoms with E-state index in [1.165, 1.54) is 30.9 Å². The fourth-order valence-corrected chi connectivity index (χ4v) is 6.92. The molecule has 2 amide bonds. The van der Waals surface area contributed by atoms with E-state index in [9.17, 15) is 14.4 Å². The molecule has 3 aromatic rings. The van der Waals surface area contributed by atoms with E-state index in [0.717, 1.165) is 63.2 Å². The highest BCUT2D eigenvalue weighted by Gasteiger charge is 2.48. The second kappa shape index (κ2) is 17.3. The van der Waals surface area contributed by atoms with Gasteiger partial charge in [-0.2, -0.15) is 0 Å². The molecule has 1 aliphatic heterocycles. The van der Waals surface area contributed by atoms with Crippen LogP contribution in [0.25, 0.3) is 11.0 Å². The molecule has 0 bridgehead atoms. The molecule has 1 saturated heterocycles. The SMILES string of the molecule is CCCOc1ccc2oc(C(=O)NCCCN3CCC(C(=O)NC(C)(C)C)(C4CCCCC4)CC3)cc(=O)c2c1.Cc1ccc(Cl)cc1. The number of likely N-dealkylation sites (tertiary alicyclic amines) is 1. The first-order valence-corrected chi connectivity index (χ1v) is 18.0. The fourth-order valence-electron chi connectivity index (χ4n) is 6.80. The van der Waals surface area contributed by atoms with Gasteiger partial charge in [-0.3, -0.25) is 14.4 Å². The van der Waals surface area contributed by atoms with Crippen LogP contribution in [0.4, 0.5) is 0 Å². The lowest BCUT2D eigenvalue weighted by Gasteiger charge is -2.47. The quantitative estimate of drug-likeness (QED) is 0.211. The van der Waals surface area contributed by atoms with Crippen LogP contribution in [0.3, 0.4) is 0 Å². The van der Waals surface area contributed by atoms with Crippen LogP contribution >= 0.6 is 11.6 Å². The molecule has 0 spiro atoms. The number of amides is 2. The molecule has 1 aliphatic carbocycles. The van der Waals surface area contributed by atoms with Gasteiger partial charge in [-0.15, -0.1) is 0 Å². The van der Waals surface area contributed by atoms with Crippen LogP contribution in [0, 0.1) is 18.3 Å². The van der Waals surface area contributed by atoms with Gasteiger partial charge in [0.15, 0.2) is 11.2 Å². The number of rotatable bonds is 10. The summed E-state index contributed by atoms with van der Waals surface area (Å²) in [5.41, 5.74) is 0.846. The molecule has 2 N–H and O–H groups in total. The number of halogens is 1. The number of nitrogens with zero attached hydrogens (tertiary/aromatic N) is 1. The Bertz CT molecular complexity index is 1530. The van der Waals surface area contributed by atoms with Crippen LogP contribution in [0.1, 0.15) is 102 Å². The van der Waals surface area contributed by atoms with Crippen LogP contribution in [-0.2, 0) is 4.79 Å². The third-order valence-electron chi connectivity index (χ3n) is 9.42. The molecule has 1 aromatic heterocycles. The Morgan fingerprint density at radius 2 is 1.71 bits per heavy atom. The zero-order valence-corrected chi connectivity index (χ0v) is 30.2. The van der Waals surface area contributed by atoms with Crippen molar-refractivity contribution in [2.75, 3.05) is 32.8 Å². The first kappa shape index (κ1) is 37.5. The summed E-state index contributed by atoms with van der Waals surface area (Å²) >= 11 is 5.61. The van der Waals surface area contributed by atoms with Gasteiger partial charge in [0.05, 0.1) is 17.4 Å². The van der Waals surface area contributed by atoms with Crippen LogP contribution in [0.5, 0.6) is 5.75 Å². The lowest BCUT2D eigenvalue weighted by atomic mass is 9.63. The molecule has 9 heteroatoms. The van der Waals surface area contributed by atoms with Gasteiger partial charge in [0, 0.05) is 23.2 Å². The third-order valence-corrected chi connectivity index (χ3v) is 9.67. The molecule has 0 radical (unpaired) electrons. The Balaban J connectivity index is 0.000000569. The lowest BCUT2D eigenvalue weighted by Crippen LogP contribution is -2.56. The topological polar surface area (TPSA) is 101 Å². The molecule has 2 aliphatic rings. The average molecular weight is 680 g/mol. The van der Waals surface area contributed by atoms with Gasteiger partial charge >= 0.3 is 0 Å². The number of hydrogen-bond acceptors (Lipinski definition) is 6. The molecule has 2 aromatic carbocycles. The van der Waals surface area contributed by atoms with Gasteiger partial charge in [0.2, 0.25) is 5.91 Å². The van der Waals surface area contributed by atoms with Crippen LogP contribution in [-0.4, -0.2) is 55.0 Å². The minimum Gasteiger partial charge on any atom is -0.494 e. The average Bonchev–Trinajstić information content (AvgIpc) is 3.07. The van der Waals surface area contributed by atoms with Crippen molar-refractivity contribution in [3.05, 3.63) is 75.1 Å². The van der Waals surface area contributed by atoms with Crippen molar-refractivity contribution >= 4 is 34.4 Å². The van der Waals surface area contributed by atoms with Crippen molar-refractivity contribution in [2.24, 2.45) is 11.3 Å². The van der Waals surface area contributed by atoms with E-state index >= 15 is 0 Å². The van der Waals surface area contributed by atoms with E-state index in [2.05, 4.69) is 36.3 Å². The normalized spacial score (nSPS) is 16.9. The predicted molar refractivity (Wildman–Crippen MR) is 194 cm³/mol. The molecule has 8 nitrogen and oxygen atoms in total. The van der Waals surface area contributed by atoms with Gasteiger partial charge in [0.1, 0.15) is 11.3 Å². The summed E-state index contributed by atoms with van der Waals surface area (Å²) in [6.07, 6.45) is 9.48. The van der Waals surface area contributed by atoms with Crippen LogP contribution in [0.15, 0.2) is 57.7 Å². The summed E-state index contributed by atoms with van der Waals surface area (Å²) in [6.45, 7) is 13.9. The highest BCUT2D eigenvalue weighted by atomic mass is 35.5. The fraction of sp³-hybridized carbons (Fsp3) is 0.564. The summed E-state index contributed by atoms with van der Waals surface area (Å²) in [4.78, 5) is 41.3. The van der Waals surface area contributed by atoms with E-state index in [-0.39, 0.29) is 34.0 Å². The maximum absolute atomic E-state index is 13.6. The Hall–Kier alpha value is -3.36. The molecule has 2 heterocycles. The minimum atomic E-state index is -0.390. The van der Waals surface area contributed by atoms with Crippen molar-refractivity contribution in [3.8, 4) is 5.75 Å². The predicted octanol–water partition coefficient (Wildman–Crippen LogP) is 7.93. The maximum Gasteiger partial charge on any atom is 0.287 e. The third kappa shape index (κ3) is 10.6. The smallest absolute Gasteiger partial charge is 0.287 e. The highest BCUT2D eigenvalue weighted by molar-refractivity contribution is 6.30. The van der Waals surface area contributed by atoms with E-state index in [4.69, 9.17) is 20.8 Å². The van der Waals surface area contributed by atoms with Crippen molar-refractivity contribution in [1.29, 1.82) is 0 Å². The minimum absolute atomic E-state index is 0.0137. The largest absolute Gasteiger partial charge is 0.494 e. The number of piperidine rings is 1. The Morgan fingerprint density at radius 3 is 2.33 bits per heavy atom. The van der Waals surface area contributed by atoms with E-state index < -0.39 is 0 Å². The van der Waals surface area contributed by atoms with Gasteiger partial charge in [-0.25, -0.2) is 0 Å². The first-order valence-electron chi connectivity index (χ1n) is 17.7. The van der Waals surface area contributed by atoms with Crippen molar-refractivity contribution in [1.82, 2.24) is 15.5 Å². The van der Waals surface area contributed by atoms with Gasteiger partial charge in [-0.05, 0) is 122 Å². The highest BCUT2D eigenvalue weighted by Crippen LogP contribution is 2.46. The number of fused-ring (bicyclic) bond motifs is 1. The second-order valence-electron chi connectivity index (χ2n) is 14.4. The standard InChI is InChI=1S/C32H47N3O5.C7H7Cl/c1-5-20-39-24-12-13-27-25(21-24)26(36)22-28(40-27)29(37)33-16-9-17-35-18-14-32(15-19-35,23-10-7-6-8-11-23)30(38)34-31(2,3)4;1-6-2-4-7(8)5-3-6/h12-13,21-23H,5-11,14-20H2,1-4H3,(H,33,37)(H,34,38);2-5H,1H3. The first-order chi connectivity index (χ1) is 22.9. The molecular weight excluding hydrogens is 626 g/mol. The number of ether oxygens (including phenoxy) is 1. The zero-order valence-electron chi connectivity index (χ0n) is 29.5. The van der Waals surface area contributed by atoms with E-state index in [0.29, 0.717) is 35.8 Å². The molecule has 1 saturated carbocycles. The van der Waals surface area contributed by atoms with Crippen molar-refractivity contribution in [2.45, 2.75) is 97.9 Å². The van der Waals surface area contributed by atoms with Gasteiger partial charge in [0.25, 0.3) is 5.91 Å². The maximum atomic E-state index is 13.6. The molecule has 0 unspecified atom stereocenters. The molecule has 2 fully saturated rings. The van der Waals surface area contributed by atoms with Gasteiger partial charge in [-0.1, -0.05) is 55.5 Å². The van der Waals surface area contributed by atoms with E-state index in [1.54, 1.807) is 18.2 Å². The number of benzene rings is 2. The van der Waals surface area contributed by atoms with Crippen LogP contribution < -0.4 is 20.8 Å². The number of nitrogens with one attached hydrogen (secondary N) is 2. The van der Waals surface area contributed by atoms with E-state index in [1.807, 2.05) is 38.1 Å². The molecular formula is C39H54ClN3O5. The van der Waals surface area contributed by atoms with Crippen molar-refractivity contribution < 1.29 is 18.7 Å². The summed E-state index contributed by atoms with van der Waals surface area (Å²) in [5, 5.41) is 7.40. The van der Waals surface area contributed by atoms with Gasteiger partial charge < -0.3 is 24.7 Å². The molecule has 5 rings (SSSR count). The summed E-state index contributed by atoms with van der Waals surface area (Å²) in [7, 11) is 0. The zero-order chi connectivity index (χ0) is 34.7. The summed E-state index contributed by atoms with van der Waals surface area (Å²) in [6, 6.07) is 14.1. The molecule has 0 atom stereocenters. The molecule has 262 valence electrons.